The van der Waals surface area contributed by atoms with Crippen LogP contribution in [0.5, 0.6) is 0 Å². The SMILES string of the molecule is CCC1CCCCN1C(=O)CCN(c1ccc(F)c(F)c1)S(C)(=O)=O. The van der Waals surface area contributed by atoms with Crippen LogP contribution in [0.2, 0.25) is 0 Å². The van der Waals surface area contributed by atoms with Crippen molar-refractivity contribution in [1.29, 1.82) is 0 Å². The molecule has 1 amide bonds. The van der Waals surface area contributed by atoms with E-state index >= 15 is 0 Å². The van der Waals surface area contributed by atoms with Crippen LogP contribution in [0, 0.1) is 11.6 Å². The summed E-state index contributed by atoms with van der Waals surface area (Å²) in [5, 5.41) is 0. The van der Waals surface area contributed by atoms with Gasteiger partial charge in [0.2, 0.25) is 15.9 Å². The zero-order valence-corrected chi connectivity index (χ0v) is 15.4. The summed E-state index contributed by atoms with van der Waals surface area (Å²) in [5.41, 5.74) is 0.0138. The smallest absolute Gasteiger partial charge is 0.232 e. The number of hydrogen-bond donors (Lipinski definition) is 0. The van der Waals surface area contributed by atoms with Gasteiger partial charge in [0.25, 0.3) is 0 Å². The van der Waals surface area contributed by atoms with E-state index in [0.717, 1.165) is 48.4 Å². The second-order valence-corrected chi connectivity index (χ2v) is 8.24. The Morgan fingerprint density at radius 3 is 2.60 bits per heavy atom. The van der Waals surface area contributed by atoms with Gasteiger partial charge >= 0.3 is 0 Å². The lowest BCUT2D eigenvalue weighted by Crippen LogP contribution is -2.44. The van der Waals surface area contributed by atoms with Gasteiger partial charge in [0.1, 0.15) is 0 Å². The molecule has 0 saturated carbocycles. The average Bonchev–Trinajstić information content (AvgIpc) is 2.56. The predicted octanol–water partition coefficient (Wildman–Crippen LogP) is 2.91. The van der Waals surface area contributed by atoms with Gasteiger partial charge in [-0.05, 0) is 37.8 Å². The van der Waals surface area contributed by atoms with Gasteiger partial charge < -0.3 is 4.90 Å². The Hall–Kier alpha value is -1.70. The van der Waals surface area contributed by atoms with E-state index in [1.165, 1.54) is 6.07 Å². The summed E-state index contributed by atoms with van der Waals surface area (Å²) in [5.74, 6) is -2.28. The molecule has 1 aliphatic heterocycles. The molecule has 1 aliphatic rings. The van der Waals surface area contributed by atoms with Crippen molar-refractivity contribution in [2.45, 2.75) is 45.1 Å². The van der Waals surface area contributed by atoms with E-state index in [1.54, 1.807) is 0 Å². The second kappa shape index (κ2) is 8.12. The fourth-order valence-corrected chi connectivity index (χ4v) is 4.14. The van der Waals surface area contributed by atoms with Crippen LogP contribution >= 0.6 is 0 Å². The second-order valence-electron chi connectivity index (χ2n) is 6.33. The number of benzene rings is 1. The highest BCUT2D eigenvalue weighted by Gasteiger charge is 2.27. The van der Waals surface area contributed by atoms with E-state index < -0.39 is 21.7 Å². The van der Waals surface area contributed by atoms with Crippen LogP contribution in [-0.4, -0.2) is 44.6 Å². The molecule has 1 unspecified atom stereocenters. The maximum absolute atomic E-state index is 13.4. The van der Waals surface area contributed by atoms with E-state index in [2.05, 4.69) is 0 Å². The van der Waals surface area contributed by atoms with Crippen LogP contribution in [0.15, 0.2) is 18.2 Å². The minimum absolute atomic E-state index is 0.00255. The van der Waals surface area contributed by atoms with Gasteiger partial charge in [0.15, 0.2) is 11.6 Å². The predicted molar refractivity (Wildman–Crippen MR) is 92.8 cm³/mol. The van der Waals surface area contributed by atoms with Crippen molar-refractivity contribution in [3.05, 3.63) is 29.8 Å². The lowest BCUT2D eigenvalue weighted by molar-refractivity contribution is -0.134. The van der Waals surface area contributed by atoms with Crippen molar-refractivity contribution in [3.8, 4) is 0 Å². The van der Waals surface area contributed by atoms with E-state index in [-0.39, 0.29) is 30.6 Å². The molecule has 0 aliphatic carbocycles. The Morgan fingerprint density at radius 2 is 2.00 bits per heavy atom. The summed E-state index contributed by atoms with van der Waals surface area (Å²) in [6.07, 6.45) is 4.84. The number of hydrogen-bond acceptors (Lipinski definition) is 3. The molecule has 0 bridgehead atoms. The lowest BCUT2D eigenvalue weighted by Gasteiger charge is -2.36. The molecule has 2 rings (SSSR count). The first-order valence-electron chi connectivity index (χ1n) is 8.46. The van der Waals surface area contributed by atoms with Gasteiger partial charge in [-0.2, -0.15) is 0 Å². The zero-order chi connectivity index (χ0) is 18.6. The highest BCUT2D eigenvalue weighted by molar-refractivity contribution is 7.92. The molecule has 5 nitrogen and oxygen atoms in total. The third-order valence-electron chi connectivity index (χ3n) is 4.54. The molecule has 1 saturated heterocycles. The minimum Gasteiger partial charge on any atom is -0.340 e. The molecule has 25 heavy (non-hydrogen) atoms. The highest BCUT2D eigenvalue weighted by atomic mass is 32.2. The van der Waals surface area contributed by atoms with E-state index in [0.29, 0.717) is 6.54 Å². The fraction of sp³-hybridized carbons (Fsp3) is 0.588. The van der Waals surface area contributed by atoms with Crippen LogP contribution in [0.25, 0.3) is 0 Å². The normalized spacial score (nSPS) is 18.2. The lowest BCUT2D eigenvalue weighted by atomic mass is 9.99. The number of amides is 1. The van der Waals surface area contributed by atoms with Crippen molar-refractivity contribution in [2.75, 3.05) is 23.7 Å². The molecule has 0 N–H and O–H groups in total. The molecule has 1 heterocycles. The van der Waals surface area contributed by atoms with Gasteiger partial charge in [0, 0.05) is 31.6 Å². The van der Waals surface area contributed by atoms with Gasteiger partial charge in [-0.3, -0.25) is 9.10 Å². The standard InChI is InChI=1S/C17H24F2N2O3S/c1-3-13-6-4-5-10-20(13)17(22)9-11-21(25(2,23)24)14-7-8-15(18)16(19)12-14/h7-8,12-13H,3-6,9-11H2,1-2H3. The number of halogens is 2. The van der Waals surface area contributed by atoms with Crippen molar-refractivity contribution in [1.82, 2.24) is 4.90 Å². The number of nitrogens with zero attached hydrogens (tertiary/aromatic N) is 2. The van der Waals surface area contributed by atoms with Crippen LogP contribution < -0.4 is 4.31 Å². The Morgan fingerprint density at radius 1 is 1.28 bits per heavy atom. The molecule has 1 aromatic rings. The Labute approximate surface area is 147 Å². The van der Waals surface area contributed by atoms with E-state index in [4.69, 9.17) is 0 Å². The van der Waals surface area contributed by atoms with Gasteiger partial charge in [0.05, 0.1) is 11.9 Å². The van der Waals surface area contributed by atoms with Crippen LogP contribution in [-0.2, 0) is 14.8 Å². The molecule has 140 valence electrons. The summed E-state index contributed by atoms with van der Waals surface area (Å²) >= 11 is 0. The molecule has 1 atom stereocenters. The van der Waals surface area contributed by atoms with Crippen molar-refractivity contribution in [3.63, 3.8) is 0 Å². The number of likely N-dealkylation sites (tertiary alicyclic amines) is 1. The molecular formula is C17H24F2N2O3S. The maximum atomic E-state index is 13.4. The molecule has 0 radical (unpaired) electrons. The van der Waals surface area contributed by atoms with Crippen molar-refractivity contribution in [2.24, 2.45) is 0 Å². The summed E-state index contributed by atoms with van der Waals surface area (Å²) in [7, 11) is -3.72. The van der Waals surface area contributed by atoms with E-state index in [1.807, 2.05) is 11.8 Å². The first-order chi connectivity index (χ1) is 11.7. The minimum atomic E-state index is -3.72. The van der Waals surface area contributed by atoms with Crippen LogP contribution in [0.4, 0.5) is 14.5 Å². The summed E-state index contributed by atoms with van der Waals surface area (Å²) < 4.78 is 51.5. The topological polar surface area (TPSA) is 57.7 Å². The third-order valence-corrected chi connectivity index (χ3v) is 5.73. The quantitative estimate of drug-likeness (QED) is 0.769. The number of carbonyl (C=O) groups excluding carboxylic acids is 1. The molecule has 1 aromatic carbocycles. The van der Waals surface area contributed by atoms with Crippen molar-refractivity contribution >= 4 is 21.6 Å². The molecular weight excluding hydrogens is 350 g/mol. The number of rotatable bonds is 6. The van der Waals surface area contributed by atoms with Gasteiger partial charge in [-0.25, -0.2) is 17.2 Å². The molecule has 0 aromatic heterocycles. The van der Waals surface area contributed by atoms with Gasteiger partial charge in [-0.15, -0.1) is 0 Å². The summed E-state index contributed by atoms with van der Waals surface area (Å²) in [4.78, 5) is 14.3. The first-order valence-corrected chi connectivity index (χ1v) is 10.3. The Kier molecular flexibility index (Phi) is 6.37. The number of piperidine rings is 1. The molecule has 1 fully saturated rings. The Bertz CT molecular complexity index is 725. The average molecular weight is 374 g/mol. The summed E-state index contributed by atoms with van der Waals surface area (Å²) in [6.45, 7) is 2.61. The van der Waals surface area contributed by atoms with Crippen LogP contribution in [0.3, 0.4) is 0 Å². The largest absolute Gasteiger partial charge is 0.340 e. The van der Waals surface area contributed by atoms with Gasteiger partial charge in [-0.1, -0.05) is 6.92 Å². The van der Waals surface area contributed by atoms with Crippen LogP contribution in [0.1, 0.15) is 39.0 Å². The van der Waals surface area contributed by atoms with E-state index in [9.17, 15) is 22.0 Å². The Balaban J connectivity index is 2.12. The molecule has 0 spiro atoms. The van der Waals surface area contributed by atoms with Crippen molar-refractivity contribution < 1.29 is 22.0 Å². The highest BCUT2D eigenvalue weighted by Crippen LogP contribution is 2.23. The third kappa shape index (κ3) is 4.90. The zero-order valence-electron chi connectivity index (χ0n) is 14.5. The first kappa shape index (κ1) is 19.6. The number of carbonyl (C=O) groups is 1. The molecule has 8 heteroatoms. The number of sulfonamides is 1. The number of anilines is 1. The monoisotopic (exact) mass is 374 g/mol. The summed E-state index contributed by atoms with van der Waals surface area (Å²) in [6, 6.07) is 3.09. The maximum Gasteiger partial charge on any atom is 0.232 e. The fourth-order valence-electron chi connectivity index (χ4n) is 3.22.